The number of hydrogen-bond acceptors (Lipinski definition) is 2. The number of hydrogen-bond donors (Lipinski definition) is 1. The Labute approximate surface area is 87.8 Å². The maximum absolute atomic E-state index is 5.15. The molecule has 2 rings (SSSR count). The highest BCUT2D eigenvalue weighted by molar-refractivity contribution is 7.71. The van der Waals surface area contributed by atoms with Crippen molar-refractivity contribution >= 4 is 23.3 Å². The Morgan fingerprint density at radius 2 is 2.14 bits per heavy atom. The first-order valence-corrected chi connectivity index (χ1v) is 4.96. The SMILES string of the molecule is CC(C)(C)n1ccc2c(=S)nc[nH]c21. The van der Waals surface area contributed by atoms with Gasteiger partial charge in [-0.05, 0) is 26.8 Å². The molecule has 1 N–H and O–H groups in total. The van der Waals surface area contributed by atoms with Gasteiger partial charge in [-0.2, -0.15) is 0 Å². The zero-order chi connectivity index (χ0) is 10.3. The molecule has 0 aromatic carbocycles. The molecule has 0 saturated heterocycles. The van der Waals surface area contributed by atoms with Gasteiger partial charge in [-0.25, -0.2) is 4.98 Å². The second kappa shape index (κ2) is 2.92. The van der Waals surface area contributed by atoms with Crippen LogP contribution in [0, 0.1) is 4.64 Å². The average Bonchev–Trinajstić information content (AvgIpc) is 2.47. The largest absolute Gasteiger partial charge is 0.332 e. The number of rotatable bonds is 0. The topological polar surface area (TPSA) is 33.6 Å². The van der Waals surface area contributed by atoms with Crippen LogP contribution in [-0.4, -0.2) is 14.5 Å². The predicted molar refractivity (Wildman–Crippen MR) is 59.9 cm³/mol. The van der Waals surface area contributed by atoms with Crippen molar-refractivity contribution in [1.82, 2.24) is 14.5 Å². The Morgan fingerprint density at radius 1 is 1.43 bits per heavy atom. The first-order valence-electron chi connectivity index (χ1n) is 4.55. The second-order valence-electron chi connectivity index (χ2n) is 4.33. The second-order valence-corrected chi connectivity index (χ2v) is 4.71. The van der Waals surface area contributed by atoms with Gasteiger partial charge in [-0.3, -0.25) is 0 Å². The minimum Gasteiger partial charge on any atom is -0.332 e. The van der Waals surface area contributed by atoms with E-state index in [1.807, 2.05) is 12.3 Å². The van der Waals surface area contributed by atoms with Crippen molar-refractivity contribution < 1.29 is 0 Å². The van der Waals surface area contributed by atoms with Gasteiger partial charge in [-0.1, -0.05) is 12.2 Å². The van der Waals surface area contributed by atoms with Gasteiger partial charge in [-0.15, -0.1) is 0 Å². The summed E-state index contributed by atoms with van der Waals surface area (Å²) in [6, 6.07) is 2.01. The lowest BCUT2D eigenvalue weighted by atomic mass is 10.1. The third kappa shape index (κ3) is 1.35. The third-order valence-corrected chi connectivity index (χ3v) is 2.55. The van der Waals surface area contributed by atoms with E-state index in [0.29, 0.717) is 4.64 Å². The summed E-state index contributed by atoms with van der Waals surface area (Å²) in [5, 5.41) is 1.01. The summed E-state index contributed by atoms with van der Waals surface area (Å²) >= 11 is 5.15. The highest BCUT2D eigenvalue weighted by Gasteiger charge is 2.15. The molecule has 4 heteroatoms. The lowest BCUT2D eigenvalue weighted by Crippen LogP contribution is -2.20. The molecule has 0 bridgehead atoms. The highest BCUT2D eigenvalue weighted by atomic mass is 32.1. The van der Waals surface area contributed by atoms with Crippen molar-refractivity contribution in [1.29, 1.82) is 0 Å². The van der Waals surface area contributed by atoms with Gasteiger partial charge < -0.3 is 9.55 Å². The summed E-state index contributed by atoms with van der Waals surface area (Å²) in [4.78, 5) is 7.18. The fraction of sp³-hybridized carbons (Fsp3) is 0.400. The molecule has 0 fully saturated rings. The number of nitrogens with zero attached hydrogens (tertiary/aromatic N) is 2. The summed E-state index contributed by atoms with van der Waals surface area (Å²) in [5.74, 6) is 0. The molecule has 2 aromatic heterocycles. The van der Waals surface area contributed by atoms with Crippen LogP contribution in [0.3, 0.4) is 0 Å². The molecule has 0 aliphatic heterocycles. The molecule has 2 heterocycles. The zero-order valence-corrected chi connectivity index (χ0v) is 9.35. The molecule has 74 valence electrons. The molecule has 0 aliphatic rings. The number of H-pyrrole nitrogens is 1. The van der Waals surface area contributed by atoms with Gasteiger partial charge in [0.05, 0.1) is 11.7 Å². The summed E-state index contributed by atoms with van der Waals surface area (Å²) in [6.07, 6.45) is 3.69. The van der Waals surface area contributed by atoms with Gasteiger partial charge in [0.2, 0.25) is 0 Å². The van der Waals surface area contributed by atoms with E-state index >= 15 is 0 Å². The molecular weight excluding hydrogens is 194 g/mol. The lowest BCUT2D eigenvalue weighted by Gasteiger charge is -2.22. The number of fused-ring (bicyclic) bond motifs is 1. The van der Waals surface area contributed by atoms with Gasteiger partial charge in [0.15, 0.2) is 0 Å². The van der Waals surface area contributed by atoms with Crippen LogP contribution < -0.4 is 0 Å². The van der Waals surface area contributed by atoms with Crippen LogP contribution in [0.1, 0.15) is 20.8 Å². The molecule has 0 radical (unpaired) electrons. The van der Waals surface area contributed by atoms with Crippen LogP contribution in [0.4, 0.5) is 0 Å². The van der Waals surface area contributed by atoms with E-state index in [9.17, 15) is 0 Å². The summed E-state index contributed by atoms with van der Waals surface area (Å²) in [5.41, 5.74) is 1.10. The molecule has 0 atom stereocenters. The molecule has 3 nitrogen and oxygen atoms in total. The van der Waals surface area contributed by atoms with E-state index in [2.05, 4.69) is 35.3 Å². The van der Waals surface area contributed by atoms with Crippen molar-refractivity contribution in [3.05, 3.63) is 23.2 Å². The van der Waals surface area contributed by atoms with Crippen LogP contribution in [0.5, 0.6) is 0 Å². The number of nitrogens with one attached hydrogen (secondary N) is 1. The lowest BCUT2D eigenvalue weighted by molar-refractivity contribution is 0.408. The van der Waals surface area contributed by atoms with E-state index in [1.54, 1.807) is 6.33 Å². The van der Waals surface area contributed by atoms with Crippen molar-refractivity contribution in [2.45, 2.75) is 26.3 Å². The molecule has 0 spiro atoms. The summed E-state index contributed by atoms with van der Waals surface area (Å²) in [7, 11) is 0. The van der Waals surface area contributed by atoms with E-state index in [1.165, 1.54) is 0 Å². The Bertz CT molecular complexity index is 516. The van der Waals surface area contributed by atoms with E-state index in [-0.39, 0.29) is 5.54 Å². The van der Waals surface area contributed by atoms with Gasteiger partial charge in [0.1, 0.15) is 10.3 Å². The smallest absolute Gasteiger partial charge is 0.138 e. The molecule has 0 aliphatic carbocycles. The summed E-state index contributed by atoms with van der Waals surface area (Å²) in [6.45, 7) is 6.47. The first kappa shape index (κ1) is 9.40. The molecule has 14 heavy (non-hydrogen) atoms. The zero-order valence-electron chi connectivity index (χ0n) is 8.53. The van der Waals surface area contributed by atoms with Crippen molar-refractivity contribution in [3.8, 4) is 0 Å². The number of aromatic nitrogens is 3. The van der Waals surface area contributed by atoms with Crippen LogP contribution in [0.15, 0.2) is 18.6 Å². The van der Waals surface area contributed by atoms with Crippen molar-refractivity contribution in [2.75, 3.05) is 0 Å². The third-order valence-electron chi connectivity index (χ3n) is 2.22. The maximum atomic E-state index is 5.15. The average molecular weight is 207 g/mol. The van der Waals surface area contributed by atoms with E-state index in [4.69, 9.17) is 12.2 Å². The van der Waals surface area contributed by atoms with E-state index < -0.39 is 0 Å². The van der Waals surface area contributed by atoms with Crippen LogP contribution >= 0.6 is 12.2 Å². The minimum atomic E-state index is 0.0569. The molecule has 0 unspecified atom stereocenters. The van der Waals surface area contributed by atoms with Crippen LogP contribution in [-0.2, 0) is 5.54 Å². The minimum absolute atomic E-state index is 0.0569. The molecule has 2 aromatic rings. The maximum Gasteiger partial charge on any atom is 0.138 e. The van der Waals surface area contributed by atoms with Gasteiger partial charge >= 0.3 is 0 Å². The highest BCUT2D eigenvalue weighted by Crippen LogP contribution is 2.21. The normalized spacial score (nSPS) is 12.2. The first-order chi connectivity index (χ1) is 6.50. The molecule has 0 saturated carbocycles. The number of aromatic amines is 1. The Morgan fingerprint density at radius 3 is 2.79 bits per heavy atom. The van der Waals surface area contributed by atoms with Crippen molar-refractivity contribution in [3.63, 3.8) is 0 Å². The van der Waals surface area contributed by atoms with Gasteiger partial charge in [0.25, 0.3) is 0 Å². The van der Waals surface area contributed by atoms with Crippen LogP contribution in [0.25, 0.3) is 11.0 Å². The quantitative estimate of drug-likeness (QED) is 0.674. The van der Waals surface area contributed by atoms with Crippen molar-refractivity contribution in [2.24, 2.45) is 0 Å². The molecular formula is C10H13N3S. The fourth-order valence-corrected chi connectivity index (χ4v) is 1.75. The molecule has 0 amide bonds. The standard InChI is InChI=1S/C10H13N3S/c1-10(2,3)13-5-4-7-8(13)11-6-12-9(7)14/h4-6H,1-3H3,(H,11,12,14). The van der Waals surface area contributed by atoms with Crippen LogP contribution in [0.2, 0.25) is 0 Å². The monoisotopic (exact) mass is 207 g/mol. The predicted octanol–water partition coefficient (Wildman–Crippen LogP) is 2.85. The Balaban J connectivity index is 2.83. The van der Waals surface area contributed by atoms with Gasteiger partial charge in [0, 0.05) is 11.7 Å². The summed E-state index contributed by atoms with van der Waals surface area (Å²) < 4.78 is 2.82. The Kier molecular flexibility index (Phi) is 1.96. The van der Waals surface area contributed by atoms with E-state index in [0.717, 1.165) is 11.0 Å². The fourth-order valence-electron chi connectivity index (χ4n) is 1.53. The Hall–Kier alpha value is -1.16.